The topological polar surface area (TPSA) is 0 Å². The standard InChI is InChI=1S/C13H26.C5H10/c1-7-8-13(11(2,3)4)10-9-12(13,5)6;1-4-5(2)3/h7-10H2,1-6H3;2,4H2,1,3H3. The lowest BCUT2D eigenvalue weighted by atomic mass is 9.41. The van der Waals surface area contributed by atoms with Crippen LogP contribution < -0.4 is 0 Å². The Hall–Kier alpha value is -0.260. The van der Waals surface area contributed by atoms with Crippen molar-refractivity contribution in [3.63, 3.8) is 0 Å². The van der Waals surface area contributed by atoms with E-state index in [-0.39, 0.29) is 0 Å². The Morgan fingerprint density at radius 2 is 1.56 bits per heavy atom. The van der Waals surface area contributed by atoms with Gasteiger partial charge in [0, 0.05) is 0 Å². The molecule has 0 aromatic heterocycles. The third-order valence-corrected chi connectivity index (χ3v) is 5.19. The fourth-order valence-electron chi connectivity index (χ4n) is 3.58. The number of hydrogen-bond acceptors (Lipinski definition) is 0. The van der Waals surface area contributed by atoms with Gasteiger partial charge in [0.25, 0.3) is 0 Å². The second-order valence-corrected chi connectivity index (χ2v) is 7.78. The highest BCUT2D eigenvalue weighted by Gasteiger charge is 2.57. The molecule has 1 atom stereocenters. The predicted molar refractivity (Wildman–Crippen MR) is 84.9 cm³/mol. The van der Waals surface area contributed by atoms with E-state index in [9.17, 15) is 0 Å². The fraction of sp³-hybridized carbons (Fsp3) is 0.889. The van der Waals surface area contributed by atoms with Gasteiger partial charge in [0.2, 0.25) is 0 Å². The molecule has 1 aliphatic rings. The summed E-state index contributed by atoms with van der Waals surface area (Å²) in [6, 6.07) is 0. The zero-order chi connectivity index (χ0) is 14.6. The van der Waals surface area contributed by atoms with Gasteiger partial charge in [-0.15, -0.1) is 6.58 Å². The quantitative estimate of drug-likeness (QED) is 0.496. The van der Waals surface area contributed by atoms with Crippen LogP contribution in [0.1, 0.15) is 87.5 Å². The summed E-state index contributed by atoms with van der Waals surface area (Å²) in [4.78, 5) is 0. The molecule has 18 heavy (non-hydrogen) atoms. The van der Waals surface area contributed by atoms with E-state index in [4.69, 9.17) is 0 Å². The van der Waals surface area contributed by atoms with Gasteiger partial charge in [0.15, 0.2) is 0 Å². The van der Waals surface area contributed by atoms with E-state index in [0.717, 1.165) is 6.42 Å². The molecular weight excluding hydrogens is 216 g/mol. The first-order valence-corrected chi connectivity index (χ1v) is 7.68. The van der Waals surface area contributed by atoms with Crippen molar-refractivity contribution in [3.05, 3.63) is 12.2 Å². The lowest BCUT2D eigenvalue weighted by Gasteiger charge is -2.64. The molecule has 108 valence electrons. The van der Waals surface area contributed by atoms with Crippen LogP contribution in [0, 0.1) is 16.2 Å². The number of rotatable bonds is 3. The zero-order valence-corrected chi connectivity index (χ0v) is 14.2. The molecule has 0 spiro atoms. The van der Waals surface area contributed by atoms with Gasteiger partial charge < -0.3 is 0 Å². The summed E-state index contributed by atoms with van der Waals surface area (Å²) in [5, 5.41) is 0. The van der Waals surface area contributed by atoms with Crippen LogP contribution in [-0.4, -0.2) is 0 Å². The van der Waals surface area contributed by atoms with Crippen molar-refractivity contribution in [1.82, 2.24) is 0 Å². The zero-order valence-electron chi connectivity index (χ0n) is 14.2. The van der Waals surface area contributed by atoms with Crippen LogP contribution in [0.4, 0.5) is 0 Å². The van der Waals surface area contributed by atoms with Gasteiger partial charge in [0.1, 0.15) is 0 Å². The molecule has 1 rings (SSSR count). The van der Waals surface area contributed by atoms with Gasteiger partial charge in [-0.3, -0.25) is 0 Å². The third-order valence-electron chi connectivity index (χ3n) is 5.19. The number of hydrogen-bond donors (Lipinski definition) is 0. The first kappa shape index (κ1) is 17.7. The predicted octanol–water partition coefficient (Wildman–Crippen LogP) is 6.61. The highest BCUT2D eigenvalue weighted by Crippen LogP contribution is 2.67. The average molecular weight is 252 g/mol. The lowest BCUT2D eigenvalue weighted by Crippen LogP contribution is -2.55. The maximum Gasteiger partial charge on any atom is -0.0198 e. The summed E-state index contributed by atoms with van der Waals surface area (Å²) in [7, 11) is 0. The van der Waals surface area contributed by atoms with Crippen LogP contribution in [0.5, 0.6) is 0 Å². The molecule has 0 amide bonds. The normalized spacial score (nSPS) is 25.8. The summed E-state index contributed by atoms with van der Waals surface area (Å²) in [6.45, 7) is 22.3. The third kappa shape index (κ3) is 3.62. The molecule has 0 nitrogen and oxygen atoms in total. The first-order chi connectivity index (χ1) is 8.04. The average Bonchev–Trinajstić information content (AvgIpc) is 2.23. The molecule has 0 aromatic rings. The van der Waals surface area contributed by atoms with E-state index in [2.05, 4.69) is 55.0 Å². The molecule has 0 heteroatoms. The fourth-order valence-corrected chi connectivity index (χ4v) is 3.58. The Morgan fingerprint density at radius 3 is 1.61 bits per heavy atom. The Kier molecular flexibility index (Phi) is 6.17. The van der Waals surface area contributed by atoms with E-state index < -0.39 is 0 Å². The largest absolute Gasteiger partial charge is 0.100 e. The minimum Gasteiger partial charge on any atom is -0.100 e. The van der Waals surface area contributed by atoms with Gasteiger partial charge in [-0.2, -0.15) is 0 Å². The van der Waals surface area contributed by atoms with Crippen molar-refractivity contribution < 1.29 is 0 Å². The van der Waals surface area contributed by atoms with Crippen LogP contribution in [0.2, 0.25) is 0 Å². The molecule has 0 radical (unpaired) electrons. The molecule has 0 N–H and O–H groups in total. The summed E-state index contributed by atoms with van der Waals surface area (Å²) in [5.74, 6) is 0. The molecule has 0 heterocycles. The SMILES string of the molecule is C=C(C)CC.CCCC1(C(C)(C)C)CCC1(C)C. The highest BCUT2D eigenvalue weighted by atomic mass is 14.6. The molecule has 1 saturated carbocycles. The Morgan fingerprint density at radius 1 is 1.11 bits per heavy atom. The summed E-state index contributed by atoms with van der Waals surface area (Å²) >= 11 is 0. The van der Waals surface area contributed by atoms with Crippen molar-refractivity contribution in [3.8, 4) is 0 Å². The molecule has 0 bridgehead atoms. The van der Waals surface area contributed by atoms with Gasteiger partial charge in [-0.05, 0) is 48.9 Å². The van der Waals surface area contributed by atoms with E-state index in [1.54, 1.807) is 0 Å². The summed E-state index contributed by atoms with van der Waals surface area (Å²) in [5.41, 5.74) is 2.91. The van der Waals surface area contributed by atoms with Crippen LogP contribution >= 0.6 is 0 Å². The smallest absolute Gasteiger partial charge is 0.0198 e. The Bertz CT molecular complexity index is 252. The van der Waals surface area contributed by atoms with Crippen molar-refractivity contribution in [2.45, 2.75) is 87.5 Å². The molecular formula is C18H36. The van der Waals surface area contributed by atoms with Gasteiger partial charge in [-0.25, -0.2) is 0 Å². The van der Waals surface area contributed by atoms with Crippen LogP contribution in [0.25, 0.3) is 0 Å². The van der Waals surface area contributed by atoms with Crippen molar-refractivity contribution >= 4 is 0 Å². The van der Waals surface area contributed by atoms with Crippen molar-refractivity contribution in [2.75, 3.05) is 0 Å². The van der Waals surface area contributed by atoms with Crippen molar-refractivity contribution in [2.24, 2.45) is 16.2 Å². The first-order valence-electron chi connectivity index (χ1n) is 7.68. The molecule has 0 aromatic carbocycles. The minimum absolute atomic E-state index is 0.477. The molecule has 1 unspecified atom stereocenters. The maximum atomic E-state index is 3.67. The van der Waals surface area contributed by atoms with Crippen LogP contribution in [-0.2, 0) is 0 Å². The second-order valence-electron chi connectivity index (χ2n) is 7.78. The monoisotopic (exact) mass is 252 g/mol. The van der Waals surface area contributed by atoms with Gasteiger partial charge >= 0.3 is 0 Å². The Labute approximate surface area is 116 Å². The Balaban J connectivity index is 0.000000494. The van der Waals surface area contributed by atoms with Crippen molar-refractivity contribution in [1.29, 1.82) is 0 Å². The summed E-state index contributed by atoms with van der Waals surface area (Å²) in [6.07, 6.45) is 6.71. The van der Waals surface area contributed by atoms with E-state index >= 15 is 0 Å². The van der Waals surface area contributed by atoms with E-state index in [1.807, 2.05) is 6.92 Å². The molecule has 0 aliphatic heterocycles. The lowest BCUT2D eigenvalue weighted by molar-refractivity contribution is -0.141. The van der Waals surface area contributed by atoms with E-state index in [1.165, 1.54) is 31.3 Å². The molecule has 1 aliphatic carbocycles. The van der Waals surface area contributed by atoms with Crippen LogP contribution in [0.15, 0.2) is 12.2 Å². The summed E-state index contributed by atoms with van der Waals surface area (Å²) < 4.78 is 0. The maximum absolute atomic E-state index is 3.67. The van der Waals surface area contributed by atoms with Gasteiger partial charge in [0.05, 0.1) is 0 Å². The van der Waals surface area contributed by atoms with E-state index in [0.29, 0.717) is 16.2 Å². The molecule has 0 saturated heterocycles. The van der Waals surface area contributed by atoms with Crippen LogP contribution in [0.3, 0.4) is 0 Å². The molecule has 1 fully saturated rings. The minimum atomic E-state index is 0.477. The van der Waals surface area contributed by atoms with Gasteiger partial charge in [-0.1, -0.05) is 60.5 Å². The highest BCUT2D eigenvalue weighted by molar-refractivity contribution is 5.07. The second kappa shape index (κ2) is 6.26. The number of allylic oxidation sites excluding steroid dienone is 1.